The van der Waals surface area contributed by atoms with Crippen molar-refractivity contribution in [2.24, 2.45) is 0 Å². The van der Waals surface area contributed by atoms with Crippen molar-refractivity contribution in [1.29, 1.82) is 5.26 Å². The number of anilines is 1. The molecule has 5 rings (SSSR count). The molecule has 35 heavy (non-hydrogen) atoms. The minimum absolute atomic E-state index is 0.335. The largest absolute Gasteiger partial charge is 0.496 e. The van der Waals surface area contributed by atoms with Gasteiger partial charge < -0.3 is 9.47 Å². The number of hydrogen-bond donors (Lipinski definition) is 1. The SMILES string of the molecule is COc1ccccc1-c1cnncc1C(=O)Nc1nc2ccc(Oc3ccc(C#N)cc3)nc2s1. The molecule has 170 valence electrons. The van der Waals surface area contributed by atoms with Crippen LogP contribution in [0.15, 0.2) is 73.1 Å². The molecule has 0 saturated heterocycles. The van der Waals surface area contributed by atoms with Crippen molar-refractivity contribution in [3.05, 3.63) is 84.2 Å². The van der Waals surface area contributed by atoms with Gasteiger partial charge in [0.2, 0.25) is 5.88 Å². The number of hydrogen-bond acceptors (Lipinski definition) is 9. The topological polar surface area (TPSA) is 123 Å². The van der Waals surface area contributed by atoms with E-state index >= 15 is 0 Å². The zero-order valence-electron chi connectivity index (χ0n) is 18.3. The van der Waals surface area contributed by atoms with E-state index in [-0.39, 0.29) is 5.91 Å². The molecule has 3 aromatic heterocycles. The second-order valence-corrected chi connectivity index (χ2v) is 8.18. The number of amides is 1. The molecule has 0 aliphatic rings. The van der Waals surface area contributed by atoms with E-state index in [4.69, 9.17) is 14.7 Å². The summed E-state index contributed by atoms with van der Waals surface area (Å²) in [4.78, 5) is 22.7. The summed E-state index contributed by atoms with van der Waals surface area (Å²) >= 11 is 1.22. The van der Waals surface area contributed by atoms with Gasteiger partial charge in [-0.25, -0.2) is 9.97 Å². The molecule has 3 heterocycles. The third kappa shape index (κ3) is 4.62. The van der Waals surface area contributed by atoms with Gasteiger partial charge in [0.05, 0.1) is 36.7 Å². The van der Waals surface area contributed by atoms with Crippen molar-refractivity contribution in [1.82, 2.24) is 20.2 Å². The van der Waals surface area contributed by atoms with Crippen LogP contribution < -0.4 is 14.8 Å². The molecule has 2 aromatic carbocycles. The molecule has 0 radical (unpaired) electrons. The van der Waals surface area contributed by atoms with Gasteiger partial charge in [0.1, 0.15) is 21.8 Å². The predicted octanol–water partition coefficient (Wildman–Crippen LogP) is 5.07. The minimum Gasteiger partial charge on any atom is -0.496 e. The van der Waals surface area contributed by atoms with Gasteiger partial charge in [-0.1, -0.05) is 29.5 Å². The molecule has 0 aliphatic carbocycles. The zero-order valence-corrected chi connectivity index (χ0v) is 19.1. The van der Waals surface area contributed by atoms with Crippen LogP contribution in [0.2, 0.25) is 0 Å². The summed E-state index contributed by atoms with van der Waals surface area (Å²) in [5, 5.41) is 19.9. The van der Waals surface area contributed by atoms with E-state index in [0.29, 0.717) is 49.5 Å². The highest BCUT2D eigenvalue weighted by Crippen LogP contribution is 2.33. The lowest BCUT2D eigenvalue weighted by molar-refractivity contribution is 0.102. The van der Waals surface area contributed by atoms with Crippen molar-refractivity contribution in [2.75, 3.05) is 12.4 Å². The Balaban J connectivity index is 1.38. The first-order valence-corrected chi connectivity index (χ1v) is 11.2. The molecule has 0 spiro atoms. The fraction of sp³-hybridized carbons (Fsp3) is 0.0400. The molecule has 10 heteroatoms. The summed E-state index contributed by atoms with van der Waals surface area (Å²) in [7, 11) is 1.57. The van der Waals surface area contributed by atoms with Crippen molar-refractivity contribution in [3.8, 4) is 34.6 Å². The van der Waals surface area contributed by atoms with E-state index < -0.39 is 0 Å². The van der Waals surface area contributed by atoms with Crippen LogP contribution in [-0.2, 0) is 0 Å². The van der Waals surface area contributed by atoms with E-state index in [2.05, 4.69) is 31.6 Å². The van der Waals surface area contributed by atoms with Crippen LogP contribution in [0.1, 0.15) is 15.9 Å². The Hall–Kier alpha value is -4.88. The Bertz CT molecular complexity index is 1580. The molecule has 0 fully saturated rings. The molecule has 9 nitrogen and oxygen atoms in total. The number of methoxy groups -OCH3 is 1. The fourth-order valence-electron chi connectivity index (χ4n) is 3.38. The summed E-state index contributed by atoms with van der Waals surface area (Å²) in [6, 6.07) is 19.6. The number of nitrogens with one attached hydrogen (secondary N) is 1. The number of carbonyl (C=O) groups excluding carboxylic acids is 1. The number of fused-ring (bicyclic) bond motifs is 1. The monoisotopic (exact) mass is 480 g/mol. The lowest BCUT2D eigenvalue weighted by atomic mass is 10.0. The molecule has 1 amide bonds. The fourth-order valence-corrected chi connectivity index (χ4v) is 4.20. The van der Waals surface area contributed by atoms with Gasteiger partial charge in [0.15, 0.2) is 5.13 Å². The summed E-state index contributed by atoms with van der Waals surface area (Å²) < 4.78 is 11.2. The number of aromatic nitrogens is 4. The highest BCUT2D eigenvalue weighted by Gasteiger charge is 2.18. The molecule has 0 atom stereocenters. The maximum absolute atomic E-state index is 13.1. The van der Waals surface area contributed by atoms with Crippen LogP contribution in [-0.4, -0.2) is 33.2 Å². The number of rotatable bonds is 6. The van der Waals surface area contributed by atoms with Crippen molar-refractivity contribution >= 4 is 32.7 Å². The lowest BCUT2D eigenvalue weighted by Crippen LogP contribution is -2.14. The van der Waals surface area contributed by atoms with E-state index in [1.807, 2.05) is 24.3 Å². The second-order valence-electron chi connectivity index (χ2n) is 7.20. The Kier molecular flexibility index (Phi) is 5.98. The molecular weight excluding hydrogens is 464 g/mol. The highest BCUT2D eigenvalue weighted by atomic mass is 32.1. The third-order valence-electron chi connectivity index (χ3n) is 5.03. The molecule has 0 aliphatic heterocycles. The first kappa shape index (κ1) is 21.9. The molecule has 1 N–H and O–H groups in total. The van der Waals surface area contributed by atoms with Gasteiger partial charge in [-0.2, -0.15) is 15.5 Å². The van der Waals surface area contributed by atoms with Gasteiger partial charge in [0, 0.05) is 17.2 Å². The number of carbonyl (C=O) groups is 1. The molecule has 0 saturated carbocycles. The average molecular weight is 481 g/mol. The minimum atomic E-state index is -0.381. The Morgan fingerprint density at radius 3 is 2.57 bits per heavy atom. The quantitative estimate of drug-likeness (QED) is 0.357. The number of nitrogens with zero attached hydrogens (tertiary/aromatic N) is 5. The standard InChI is InChI=1S/C25H16N6O3S/c1-33-21-5-3-2-4-17(21)18-13-27-28-14-19(18)23(32)31-25-29-20-10-11-22(30-24(20)35-25)34-16-8-6-15(12-26)7-9-16/h2-11,13-14H,1H3,(H,29,31,32). The normalized spacial score (nSPS) is 10.5. The number of thiazole rings is 1. The third-order valence-corrected chi connectivity index (χ3v) is 5.91. The van der Waals surface area contributed by atoms with Gasteiger partial charge in [-0.15, -0.1) is 0 Å². The van der Waals surface area contributed by atoms with Gasteiger partial charge in [0.25, 0.3) is 5.91 Å². The predicted molar refractivity (Wildman–Crippen MR) is 131 cm³/mol. The van der Waals surface area contributed by atoms with Gasteiger partial charge in [-0.3, -0.25) is 10.1 Å². The summed E-state index contributed by atoms with van der Waals surface area (Å²) in [6.45, 7) is 0. The van der Waals surface area contributed by atoms with Crippen LogP contribution >= 0.6 is 11.3 Å². The Morgan fingerprint density at radius 1 is 0.971 bits per heavy atom. The van der Waals surface area contributed by atoms with Gasteiger partial charge in [-0.05, 0) is 36.4 Å². The van der Waals surface area contributed by atoms with Crippen molar-refractivity contribution in [3.63, 3.8) is 0 Å². The summed E-state index contributed by atoms with van der Waals surface area (Å²) in [5.41, 5.74) is 2.82. The van der Waals surface area contributed by atoms with Crippen LogP contribution in [0, 0.1) is 11.3 Å². The smallest absolute Gasteiger partial charge is 0.259 e. The van der Waals surface area contributed by atoms with E-state index in [0.717, 1.165) is 5.56 Å². The maximum atomic E-state index is 13.1. The van der Waals surface area contributed by atoms with Crippen LogP contribution in [0.4, 0.5) is 5.13 Å². The zero-order chi connectivity index (χ0) is 24.2. The van der Waals surface area contributed by atoms with Crippen LogP contribution in [0.3, 0.4) is 0 Å². The van der Waals surface area contributed by atoms with Crippen LogP contribution in [0.5, 0.6) is 17.4 Å². The summed E-state index contributed by atoms with van der Waals surface area (Å²) in [5.74, 6) is 1.17. The first-order chi connectivity index (χ1) is 17.1. The summed E-state index contributed by atoms with van der Waals surface area (Å²) in [6.07, 6.45) is 2.94. The van der Waals surface area contributed by atoms with E-state index in [1.54, 1.807) is 43.5 Å². The maximum Gasteiger partial charge on any atom is 0.259 e. The second kappa shape index (κ2) is 9.54. The first-order valence-electron chi connectivity index (χ1n) is 10.4. The van der Waals surface area contributed by atoms with Gasteiger partial charge >= 0.3 is 0 Å². The molecule has 0 bridgehead atoms. The molecule has 0 unspecified atom stereocenters. The van der Waals surface area contributed by atoms with Crippen molar-refractivity contribution < 1.29 is 14.3 Å². The van der Waals surface area contributed by atoms with Crippen molar-refractivity contribution in [2.45, 2.75) is 0 Å². The number of benzene rings is 2. The average Bonchev–Trinajstić information content (AvgIpc) is 3.30. The number of pyridine rings is 1. The number of para-hydroxylation sites is 1. The molecule has 5 aromatic rings. The van der Waals surface area contributed by atoms with E-state index in [9.17, 15) is 4.79 Å². The number of ether oxygens (including phenoxy) is 2. The van der Waals surface area contributed by atoms with Crippen LogP contribution in [0.25, 0.3) is 21.5 Å². The van der Waals surface area contributed by atoms with E-state index in [1.165, 1.54) is 23.7 Å². The highest BCUT2D eigenvalue weighted by molar-refractivity contribution is 7.22. The Labute approximate surface area is 203 Å². The molecular formula is C25H16N6O3S. The number of nitriles is 1. The Morgan fingerprint density at radius 2 is 1.77 bits per heavy atom. The lowest BCUT2D eigenvalue weighted by Gasteiger charge is -2.11.